The molecule has 0 bridgehead atoms. The van der Waals surface area contributed by atoms with E-state index in [1.165, 1.54) is 6.07 Å². The Morgan fingerprint density at radius 3 is 2.44 bits per heavy atom. The van der Waals surface area contributed by atoms with E-state index in [0.717, 1.165) is 25.0 Å². The lowest BCUT2D eigenvalue weighted by Crippen LogP contribution is -2.46. The molecule has 1 fully saturated rings. The molecule has 88 valence electrons. The first-order chi connectivity index (χ1) is 7.37. The van der Waals surface area contributed by atoms with Gasteiger partial charge in [-0.05, 0) is 36.5 Å². The van der Waals surface area contributed by atoms with Crippen molar-refractivity contribution in [2.45, 2.75) is 38.6 Å². The average molecular weight is 225 g/mol. The summed E-state index contributed by atoms with van der Waals surface area (Å²) in [5.41, 5.74) is 5.69. The second-order valence-electron chi connectivity index (χ2n) is 5.33. The van der Waals surface area contributed by atoms with Gasteiger partial charge in [-0.2, -0.15) is 0 Å². The number of benzene rings is 1. The molecule has 1 aliphatic carbocycles. The van der Waals surface area contributed by atoms with E-state index in [-0.39, 0.29) is 5.41 Å². The first-order valence-corrected chi connectivity index (χ1v) is 5.61. The summed E-state index contributed by atoms with van der Waals surface area (Å²) >= 11 is 0. The van der Waals surface area contributed by atoms with Crippen LogP contribution < -0.4 is 5.73 Å². The van der Waals surface area contributed by atoms with Crippen LogP contribution in [0.25, 0.3) is 0 Å². The molecule has 2 rings (SSSR count). The highest BCUT2D eigenvalue weighted by Crippen LogP contribution is 2.50. The Morgan fingerprint density at radius 1 is 1.19 bits per heavy atom. The summed E-state index contributed by atoms with van der Waals surface area (Å²) in [6.07, 6.45) is 2.61. The van der Waals surface area contributed by atoms with Crippen molar-refractivity contribution >= 4 is 0 Å². The third-order valence-corrected chi connectivity index (χ3v) is 3.99. The zero-order valence-corrected chi connectivity index (χ0v) is 9.69. The Morgan fingerprint density at radius 2 is 1.88 bits per heavy atom. The van der Waals surface area contributed by atoms with Crippen LogP contribution in [-0.4, -0.2) is 0 Å². The zero-order valence-electron chi connectivity index (χ0n) is 9.69. The Labute approximate surface area is 94.7 Å². The molecule has 1 atom stereocenters. The lowest BCUT2D eigenvalue weighted by molar-refractivity contribution is 0.203. The van der Waals surface area contributed by atoms with Gasteiger partial charge in [-0.3, -0.25) is 0 Å². The van der Waals surface area contributed by atoms with Gasteiger partial charge in [0.05, 0.1) is 0 Å². The van der Waals surface area contributed by atoms with E-state index in [1.807, 2.05) is 13.8 Å². The monoisotopic (exact) mass is 225 g/mol. The van der Waals surface area contributed by atoms with Crippen molar-refractivity contribution < 1.29 is 8.78 Å². The fraction of sp³-hybridized carbons (Fsp3) is 0.538. The lowest BCUT2D eigenvalue weighted by Gasteiger charge is -2.38. The van der Waals surface area contributed by atoms with Gasteiger partial charge in [0, 0.05) is 11.1 Å². The van der Waals surface area contributed by atoms with Gasteiger partial charge in [-0.15, -0.1) is 0 Å². The molecule has 0 spiro atoms. The third kappa shape index (κ3) is 1.54. The first kappa shape index (κ1) is 11.5. The molecule has 3 heteroatoms. The molecule has 2 N–H and O–H groups in total. The number of hydrogen-bond acceptors (Lipinski definition) is 1. The highest BCUT2D eigenvalue weighted by molar-refractivity contribution is 5.30. The van der Waals surface area contributed by atoms with Crippen molar-refractivity contribution in [1.82, 2.24) is 0 Å². The fourth-order valence-electron chi connectivity index (χ4n) is 2.71. The summed E-state index contributed by atoms with van der Waals surface area (Å²) in [5.74, 6) is -0.831. The third-order valence-electron chi connectivity index (χ3n) is 3.99. The maximum absolute atomic E-state index is 13.8. The van der Waals surface area contributed by atoms with Gasteiger partial charge in [0.15, 0.2) is 0 Å². The van der Waals surface area contributed by atoms with Gasteiger partial charge >= 0.3 is 0 Å². The quantitative estimate of drug-likeness (QED) is 0.779. The van der Waals surface area contributed by atoms with Crippen LogP contribution in [0.4, 0.5) is 8.78 Å². The summed E-state index contributed by atoms with van der Waals surface area (Å²) in [7, 11) is 0. The molecule has 1 aromatic carbocycles. The summed E-state index contributed by atoms with van der Waals surface area (Å²) in [6, 6.07) is 3.53. The fourth-order valence-corrected chi connectivity index (χ4v) is 2.71. The molecule has 0 aliphatic heterocycles. The number of nitrogens with two attached hydrogens (primary N) is 1. The van der Waals surface area contributed by atoms with Crippen molar-refractivity contribution in [3.63, 3.8) is 0 Å². The minimum absolute atomic E-state index is 0.193. The summed E-state index contributed by atoms with van der Waals surface area (Å²) in [4.78, 5) is 0. The van der Waals surface area contributed by atoms with Crippen LogP contribution in [0.1, 0.15) is 38.7 Å². The lowest BCUT2D eigenvalue weighted by atomic mass is 9.71. The molecule has 1 saturated carbocycles. The van der Waals surface area contributed by atoms with E-state index in [0.29, 0.717) is 12.0 Å². The number of halogens is 2. The Kier molecular flexibility index (Phi) is 2.54. The zero-order chi connectivity index (χ0) is 12.0. The van der Waals surface area contributed by atoms with E-state index < -0.39 is 17.2 Å². The maximum atomic E-state index is 13.8. The van der Waals surface area contributed by atoms with Crippen LogP contribution in [-0.2, 0) is 5.54 Å². The van der Waals surface area contributed by atoms with Crippen molar-refractivity contribution in [1.29, 1.82) is 0 Å². The van der Waals surface area contributed by atoms with Crippen LogP contribution in [0.2, 0.25) is 0 Å². The SMILES string of the molecule is CC1(C)CCCC1(N)c1cc(F)ccc1F. The first-order valence-electron chi connectivity index (χ1n) is 5.61. The van der Waals surface area contributed by atoms with Crippen molar-refractivity contribution in [3.8, 4) is 0 Å². The standard InChI is InChI=1S/C13H17F2N/c1-12(2)6-3-7-13(12,16)10-8-9(14)4-5-11(10)15/h4-5,8H,3,6-7,16H2,1-2H3. The predicted octanol–water partition coefficient (Wildman–Crippen LogP) is 3.33. The van der Waals surface area contributed by atoms with Gasteiger partial charge < -0.3 is 5.73 Å². The average Bonchev–Trinajstić information content (AvgIpc) is 2.46. The molecule has 16 heavy (non-hydrogen) atoms. The Balaban J connectivity index is 2.55. The molecular formula is C13H17F2N. The van der Waals surface area contributed by atoms with Crippen molar-refractivity contribution in [2.75, 3.05) is 0 Å². The molecular weight excluding hydrogens is 208 g/mol. The van der Waals surface area contributed by atoms with Crippen LogP contribution in [0, 0.1) is 17.0 Å². The van der Waals surface area contributed by atoms with Gasteiger partial charge in [-0.25, -0.2) is 8.78 Å². The van der Waals surface area contributed by atoms with E-state index in [9.17, 15) is 8.78 Å². The minimum Gasteiger partial charge on any atom is -0.321 e. The van der Waals surface area contributed by atoms with Crippen molar-refractivity contribution in [3.05, 3.63) is 35.4 Å². The number of rotatable bonds is 1. The van der Waals surface area contributed by atoms with Gasteiger partial charge in [0.25, 0.3) is 0 Å². The molecule has 0 heterocycles. The van der Waals surface area contributed by atoms with E-state index in [1.54, 1.807) is 0 Å². The van der Waals surface area contributed by atoms with Crippen LogP contribution in [0.3, 0.4) is 0 Å². The highest BCUT2D eigenvalue weighted by atomic mass is 19.1. The Bertz CT molecular complexity index is 414. The second kappa shape index (κ2) is 3.52. The van der Waals surface area contributed by atoms with E-state index >= 15 is 0 Å². The molecule has 1 aromatic rings. The number of hydrogen-bond donors (Lipinski definition) is 1. The largest absolute Gasteiger partial charge is 0.321 e. The van der Waals surface area contributed by atoms with Crippen molar-refractivity contribution in [2.24, 2.45) is 11.1 Å². The van der Waals surface area contributed by atoms with Crippen LogP contribution in [0.15, 0.2) is 18.2 Å². The van der Waals surface area contributed by atoms with Gasteiger partial charge in [-0.1, -0.05) is 20.3 Å². The second-order valence-corrected chi connectivity index (χ2v) is 5.33. The van der Waals surface area contributed by atoms with Gasteiger partial charge in [0.1, 0.15) is 11.6 Å². The molecule has 1 unspecified atom stereocenters. The molecule has 0 amide bonds. The molecule has 0 aromatic heterocycles. The predicted molar refractivity (Wildman–Crippen MR) is 59.9 cm³/mol. The topological polar surface area (TPSA) is 26.0 Å². The highest BCUT2D eigenvalue weighted by Gasteiger charge is 2.48. The van der Waals surface area contributed by atoms with Gasteiger partial charge in [0.2, 0.25) is 0 Å². The van der Waals surface area contributed by atoms with E-state index in [4.69, 9.17) is 5.73 Å². The molecule has 1 aliphatic rings. The normalized spacial score (nSPS) is 28.3. The maximum Gasteiger partial charge on any atom is 0.128 e. The molecule has 1 nitrogen and oxygen atoms in total. The van der Waals surface area contributed by atoms with Crippen LogP contribution >= 0.6 is 0 Å². The summed E-state index contributed by atoms with van der Waals surface area (Å²) < 4.78 is 27.0. The van der Waals surface area contributed by atoms with E-state index in [2.05, 4.69) is 0 Å². The molecule has 0 radical (unpaired) electrons. The van der Waals surface area contributed by atoms with Crippen LogP contribution in [0.5, 0.6) is 0 Å². The minimum atomic E-state index is -0.751. The molecule has 0 saturated heterocycles. The Hall–Kier alpha value is -0.960. The summed E-state index contributed by atoms with van der Waals surface area (Å²) in [6.45, 7) is 4.04. The summed E-state index contributed by atoms with van der Waals surface area (Å²) in [5, 5.41) is 0. The smallest absolute Gasteiger partial charge is 0.128 e.